The van der Waals surface area contributed by atoms with Crippen LogP contribution in [0.25, 0.3) is 10.9 Å². The van der Waals surface area contributed by atoms with Crippen molar-refractivity contribution in [1.82, 2.24) is 9.88 Å². The number of alkyl halides is 2. The molecule has 0 bridgehead atoms. The molecule has 3 nitrogen and oxygen atoms in total. The fourth-order valence-electron chi connectivity index (χ4n) is 4.28. The van der Waals surface area contributed by atoms with Gasteiger partial charge in [0, 0.05) is 30.4 Å². The van der Waals surface area contributed by atoms with Crippen molar-refractivity contribution < 1.29 is 13.6 Å². The second-order valence-corrected chi connectivity index (χ2v) is 8.45. The maximum atomic E-state index is 14.4. The van der Waals surface area contributed by atoms with Crippen molar-refractivity contribution in [3.63, 3.8) is 0 Å². The molecule has 2 aromatic carbocycles. The maximum absolute atomic E-state index is 14.4. The molecule has 34 heavy (non-hydrogen) atoms. The molecule has 1 amide bonds. The van der Waals surface area contributed by atoms with Gasteiger partial charge in [0.2, 0.25) is 5.91 Å². The molecule has 3 rings (SSSR count). The summed E-state index contributed by atoms with van der Waals surface area (Å²) in [5.74, 6) is -0.175. The molecule has 5 heteroatoms. The molecule has 1 aromatic heterocycles. The van der Waals surface area contributed by atoms with E-state index >= 15 is 0 Å². The second-order valence-electron chi connectivity index (χ2n) is 8.45. The predicted octanol–water partition coefficient (Wildman–Crippen LogP) is 6.98. The summed E-state index contributed by atoms with van der Waals surface area (Å²) < 4.78 is 30.5. The van der Waals surface area contributed by atoms with Crippen LogP contribution in [-0.4, -0.2) is 17.0 Å². The summed E-state index contributed by atoms with van der Waals surface area (Å²) in [4.78, 5) is 12.5. The second kappa shape index (κ2) is 11.6. The van der Waals surface area contributed by atoms with Gasteiger partial charge in [-0.15, -0.1) is 0 Å². The average molecular weight is 463 g/mol. The number of amides is 1. The highest BCUT2D eigenvalue weighted by Gasteiger charge is 2.24. The van der Waals surface area contributed by atoms with Crippen LogP contribution >= 0.6 is 0 Å². The number of hydrogen-bond donors (Lipinski definition) is 1. The Hall–Kier alpha value is -3.47. The van der Waals surface area contributed by atoms with Crippen molar-refractivity contribution in [3.05, 3.63) is 107 Å². The lowest BCUT2D eigenvalue weighted by molar-refractivity contribution is -0.120. The molecule has 3 aromatic rings. The summed E-state index contributed by atoms with van der Waals surface area (Å²) in [6.07, 6.45) is 5.02. The highest BCUT2D eigenvalue weighted by Crippen LogP contribution is 2.35. The fourth-order valence-corrected chi connectivity index (χ4v) is 4.28. The van der Waals surface area contributed by atoms with E-state index in [1.165, 1.54) is 0 Å². The van der Waals surface area contributed by atoms with Crippen LogP contribution in [0.5, 0.6) is 0 Å². The number of fused-ring (bicyclic) bond motifs is 1. The van der Waals surface area contributed by atoms with E-state index in [1.54, 1.807) is 10.6 Å². The van der Waals surface area contributed by atoms with E-state index in [2.05, 4.69) is 11.9 Å². The smallest absolute Gasteiger partial charge is 0.278 e. The molecule has 0 saturated heterocycles. The van der Waals surface area contributed by atoms with Gasteiger partial charge in [0.1, 0.15) is 0 Å². The summed E-state index contributed by atoms with van der Waals surface area (Å²) in [6.45, 7) is 10.3. The number of nitrogens with one attached hydrogen (secondary N) is 1. The molecule has 0 radical (unpaired) electrons. The SMILES string of the molecule is C=C/C=C(\C=C/C)CNC(=O)CCc1c(C(F)F)n(Cc2cc(C)ccc2C)c2ccccc12. The van der Waals surface area contributed by atoms with Crippen LogP contribution < -0.4 is 5.32 Å². The first-order valence-corrected chi connectivity index (χ1v) is 11.5. The summed E-state index contributed by atoms with van der Waals surface area (Å²) >= 11 is 0. The van der Waals surface area contributed by atoms with Crippen molar-refractivity contribution >= 4 is 16.8 Å². The first-order valence-electron chi connectivity index (χ1n) is 11.5. The van der Waals surface area contributed by atoms with Gasteiger partial charge in [-0.2, -0.15) is 0 Å². The predicted molar refractivity (Wildman–Crippen MR) is 136 cm³/mol. The molecular weight excluding hydrogens is 430 g/mol. The van der Waals surface area contributed by atoms with Crippen molar-refractivity contribution in [2.45, 2.75) is 46.6 Å². The van der Waals surface area contributed by atoms with Crippen LogP contribution in [-0.2, 0) is 17.8 Å². The summed E-state index contributed by atoms with van der Waals surface area (Å²) in [6, 6.07) is 13.5. The molecule has 0 atom stereocenters. The van der Waals surface area contributed by atoms with Crippen LogP contribution in [0.15, 0.2) is 78.9 Å². The van der Waals surface area contributed by atoms with E-state index in [-0.39, 0.29) is 24.4 Å². The zero-order chi connectivity index (χ0) is 24.7. The highest BCUT2D eigenvalue weighted by atomic mass is 19.3. The Bertz CT molecular complexity index is 1230. The molecule has 0 aliphatic carbocycles. The van der Waals surface area contributed by atoms with Gasteiger partial charge in [0.25, 0.3) is 6.43 Å². The Morgan fingerprint density at radius 2 is 1.94 bits per heavy atom. The molecular formula is C29H32F2N2O. The molecule has 178 valence electrons. The van der Waals surface area contributed by atoms with Gasteiger partial charge in [-0.3, -0.25) is 4.79 Å². The number of halogens is 2. The van der Waals surface area contributed by atoms with E-state index < -0.39 is 6.43 Å². The lowest BCUT2D eigenvalue weighted by atomic mass is 10.0. The normalized spacial score (nSPS) is 12.1. The number of rotatable bonds is 10. The molecule has 0 unspecified atom stereocenters. The van der Waals surface area contributed by atoms with Crippen LogP contribution in [0.3, 0.4) is 0 Å². The standard InChI is InChI=1S/C29H32F2N2O/c1-5-9-22(10-6-2)18-32-27(34)16-15-25-24-11-7-8-12-26(24)33(28(25)29(30)31)19-23-17-20(3)13-14-21(23)4/h5-14,17,29H,1,15-16,18-19H2,2-4H3,(H,32,34)/b10-6-,22-9+. The lowest BCUT2D eigenvalue weighted by Crippen LogP contribution is -2.25. The Morgan fingerprint density at radius 1 is 1.18 bits per heavy atom. The van der Waals surface area contributed by atoms with E-state index in [0.717, 1.165) is 33.2 Å². The minimum Gasteiger partial charge on any atom is -0.352 e. The lowest BCUT2D eigenvalue weighted by Gasteiger charge is -2.14. The van der Waals surface area contributed by atoms with Gasteiger partial charge < -0.3 is 9.88 Å². The van der Waals surface area contributed by atoms with E-state index in [1.807, 2.05) is 81.5 Å². The molecule has 0 fully saturated rings. The first-order chi connectivity index (χ1) is 16.3. The number of carbonyl (C=O) groups is 1. The Labute approximate surface area is 200 Å². The molecule has 0 spiro atoms. The number of nitrogens with zero attached hydrogens (tertiary/aromatic N) is 1. The van der Waals surface area contributed by atoms with Crippen molar-refractivity contribution in [3.8, 4) is 0 Å². The zero-order valence-electron chi connectivity index (χ0n) is 20.1. The number of carbonyl (C=O) groups excluding carboxylic acids is 1. The van der Waals surface area contributed by atoms with E-state index in [9.17, 15) is 13.6 Å². The molecule has 0 aliphatic heterocycles. The van der Waals surface area contributed by atoms with Crippen LogP contribution in [0.4, 0.5) is 8.78 Å². The minimum absolute atomic E-state index is 0.00364. The monoisotopic (exact) mass is 462 g/mol. The number of benzene rings is 2. The number of hydrogen-bond acceptors (Lipinski definition) is 1. The van der Waals surface area contributed by atoms with Crippen molar-refractivity contribution in [2.75, 3.05) is 6.54 Å². The van der Waals surface area contributed by atoms with Gasteiger partial charge in [-0.1, -0.05) is 72.8 Å². The number of para-hydroxylation sites is 1. The quantitative estimate of drug-likeness (QED) is 0.324. The largest absolute Gasteiger partial charge is 0.352 e. The minimum atomic E-state index is -2.65. The van der Waals surface area contributed by atoms with Gasteiger partial charge in [0.05, 0.1) is 5.69 Å². The van der Waals surface area contributed by atoms with Gasteiger partial charge >= 0.3 is 0 Å². The molecule has 1 heterocycles. The maximum Gasteiger partial charge on any atom is 0.278 e. The third-order valence-corrected chi connectivity index (χ3v) is 5.96. The number of allylic oxidation sites excluding steroid dienone is 3. The van der Waals surface area contributed by atoms with Crippen LogP contribution in [0, 0.1) is 13.8 Å². The first kappa shape index (κ1) is 25.2. The van der Waals surface area contributed by atoms with Crippen molar-refractivity contribution in [1.29, 1.82) is 0 Å². The molecule has 1 N–H and O–H groups in total. The van der Waals surface area contributed by atoms with Gasteiger partial charge in [-0.25, -0.2) is 8.78 Å². The molecule has 0 aliphatic rings. The third-order valence-electron chi connectivity index (χ3n) is 5.96. The number of aryl methyl sites for hydroxylation is 3. The Kier molecular flexibility index (Phi) is 8.58. The van der Waals surface area contributed by atoms with E-state index in [0.29, 0.717) is 18.7 Å². The van der Waals surface area contributed by atoms with Crippen LogP contribution in [0.1, 0.15) is 47.7 Å². The zero-order valence-corrected chi connectivity index (χ0v) is 20.1. The summed E-state index contributed by atoms with van der Waals surface area (Å²) in [5.41, 5.74) is 5.39. The average Bonchev–Trinajstić information content (AvgIpc) is 3.12. The van der Waals surface area contributed by atoms with E-state index in [4.69, 9.17) is 0 Å². The van der Waals surface area contributed by atoms with Crippen LogP contribution in [0.2, 0.25) is 0 Å². The van der Waals surface area contributed by atoms with Gasteiger partial charge in [-0.05, 0) is 55.5 Å². The Morgan fingerprint density at radius 3 is 2.65 bits per heavy atom. The topological polar surface area (TPSA) is 34.0 Å². The number of aromatic nitrogens is 1. The van der Waals surface area contributed by atoms with Gasteiger partial charge in [0.15, 0.2) is 0 Å². The molecule has 0 saturated carbocycles. The summed E-state index contributed by atoms with van der Waals surface area (Å²) in [7, 11) is 0. The third kappa shape index (κ3) is 5.90. The fraction of sp³-hybridized carbons (Fsp3) is 0.276. The Balaban J connectivity index is 1.90. The van der Waals surface area contributed by atoms with Crippen molar-refractivity contribution in [2.24, 2.45) is 0 Å². The summed E-state index contributed by atoms with van der Waals surface area (Å²) in [5, 5.41) is 3.65. The highest BCUT2D eigenvalue weighted by molar-refractivity contribution is 5.87.